The maximum atomic E-state index is 12.6. The highest BCUT2D eigenvalue weighted by molar-refractivity contribution is 7.99. The van der Waals surface area contributed by atoms with Crippen LogP contribution in [0.3, 0.4) is 0 Å². The number of aromatic nitrogens is 2. The number of terminal acetylenes is 1. The number of anilines is 1. The van der Waals surface area contributed by atoms with E-state index in [-0.39, 0.29) is 23.8 Å². The molecule has 2 aromatic rings. The Balaban J connectivity index is 1.88. The summed E-state index contributed by atoms with van der Waals surface area (Å²) in [5.74, 6) is 3.45. The smallest absolute Gasteiger partial charge is 0.257 e. The largest absolute Gasteiger partial charge is 0.494 e. The van der Waals surface area contributed by atoms with Gasteiger partial charge in [0.25, 0.3) is 5.56 Å². The van der Waals surface area contributed by atoms with Crippen LogP contribution in [0.1, 0.15) is 43.2 Å². The lowest BCUT2D eigenvalue weighted by atomic mass is 9.87. The van der Waals surface area contributed by atoms with Crippen molar-refractivity contribution in [1.29, 1.82) is 0 Å². The van der Waals surface area contributed by atoms with Crippen molar-refractivity contribution < 1.29 is 9.53 Å². The van der Waals surface area contributed by atoms with E-state index < -0.39 is 0 Å². The molecule has 0 aliphatic carbocycles. The van der Waals surface area contributed by atoms with Crippen LogP contribution in [-0.4, -0.2) is 28.2 Å². The molecule has 2 N–H and O–H groups in total. The van der Waals surface area contributed by atoms with Crippen molar-refractivity contribution in [2.45, 2.75) is 37.3 Å². The molecular weight excluding hydrogens is 362 g/mol. The molecule has 27 heavy (non-hydrogen) atoms. The molecule has 0 spiro atoms. The summed E-state index contributed by atoms with van der Waals surface area (Å²) in [6, 6.07) is 7.54. The molecule has 1 amide bonds. The van der Waals surface area contributed by atoms with Gasteiger partial charge in [-0.15, -0.1) is 6.42 Å². The van der Waals surface area contributed by atoms with Crippen LogP contribution in [0.5, 0.6) is 5.75 Å². The van der Waals surface area contributed by atoms with Gasteiger partial charge in [0.15, 0.2) is 5.16 Å². The lowest BCUT2D eigenvalue weighted by molar-refractivity contribution is -0.116. The molecule has 1 aromatic carbocycles. The number of ether oxygens (including phenoxy) is 1. The number of H-pyrrole nitrogens is 1. The van der Waals surface area contributed by atoms with Crippen LogP contribution in [0, 0.1) is 12.3 Å². The number of fused-ring (bicyclic) bond motifs is 1. The number of amides is 1. The van der Waals surface area contributed by atoms with Gasteiger partial charge in [0.05, 0.1) is 17.9 Å². The summed E-state index contributed by atoms with van der Waals surface area (Å²) in [7, 11) is 0. The van der Waals surface area contributed by atoms with Crippen LogP contribution >= 0.6 is 11.8 Å². The molecule has 2 heterocycles. The highest BCUT2D eigenvalue weighted by atomic mass is 32.2. The monoisotopic (exact) mass is 383 g/mol. The fraction of sp³-hybridized carbons (Fsp3) is 0.350. The van der Waals surface area contributed by atoms with Gasteiger partial charge >= 0.3 is 0 Å². The molecule has 0 unspecified atom stereocenters. The van der Waals surface area contributed by atoms with Gasteiger partial charge in [-0.05, 0) is 24.1 Å². The molecule has 0 saturated heterocycles. The van der Waals surface area contributed by atoms with E-state index in [1.807, 2.05) is 24.3 Å². The van der Waals surface area contributed by atoms with Crippen molar-refractivity contribution in [2.24, 2.45) is 0 Å². The van der Waals surface area contributed by atoms with E-state index in [1.54, 1.807) is 0 Å². The van der Waals surface area contributed by atoms with Gasteiger partial charge in [-0.25, -0.2) is 4.98 Å². The maximum Gasteiger partial charge on any atom is 0.257 e. The molecule has 3 rings (SSSR count). The standard InChI is InChI=1S/C20H21N3O3S/c1-3-5-10-26-14-8-6-13(7-9-14)15-12-16(24)21-18-17(15)19(25)23-20(22-18)27-11-4-2/h2,6-9,15H,3,5,10-12H2,1H3,(H2,21,22,23,24,25)/t15-/m0/s1. The Morgan fingerprint density at radius 2 is 2.11 bits per heavy atom. The number of aromatic amines is 1. The Morgan fingerprint density at radius 1 is 1.33 bits per heavy atom. The van der Waals surface area contributed by atoms with Crippen LogP contribution in [0.4, 0.5) is 5.82 Å². The topological polar surface area (TPSA) is 84.1 Å². The van der Waals surface area contributed by atoms with Crippen molar-refractivity contribution in [3.8, 4) is 18.1 Å². The average Bonchev–Trinajstić information content (AvgIpc) is 2.66. The number of benzene rings is 1. The number of nitrogens with one attached hydrogen (secondary N) is 2. The number of carbonyl (C=O) groups excluding carboxylic acids is 1. The summed E-state index contributed by atoms with van der Waals surface area (Å²) >= 11 is 1.25. The van der Waals surface area contributed by atoms with Gasteiger partial charge < -0.3 is 15.0 Å². The first kappa shape index (κ1) is 19.1. The van der Waals surface area contributed by atoms with E-state index in [4.69, 9.17) is 11.2 Å². The average molecular weight is 383 g/mol. The number of carbonyl (C=O) groups is 1. The van der Waals surface area contributed by atoms with Crippen LogP contribution in [-0.2, 0) is 4.79 Å². The Hall–Kier alpha value is -2.72. The number of thioether (sulfide) groups is 1. The molecule has 1 atom stereocenters. The summed E-state index contributed by atoms with van der Waals surface area (Å²) in [6.45, 7) is 2.78. The summed E-state index contributed by atoms with van der Waals surface area (Å²) in [5.41, 5.74) is 1.09. The predicted octanol–water partition coefficient (Wildman–Crippen LogP) is 3.15. The summed E-state index contributed by atoms with van der Waals surface area (Å²) < 4.78 is 5.68. The Labute approximate surface area is 162 Å². The molecule has 0 saturated carbocycles. The third-order valence-corrected chi connectivity index (χ3v) is 5.05. The zero-order chi connectivity index (χ0) is 19.2. The maximum absolute atomic E-state index is 12.6. The number of rotatable bonds is 7. The zero-order valence-electron chi connectivity index (χ0n) is 15.1. The zero-order valence-corrected chi connectivity index (χ0v) is 15.9. The van der Waals surface area contributed by atoms with Gasteiger partial charge in [-0.2, -0.15) is 0 Å². The van der Waals surface area contributed by atoms with Gasteiger partial charge in [0.2, 0.25) is 5.91 Å². The first-order valence-electron chi connectivity index (χ1n) is 8.85. The van der Waals surface area contributed by atoms with Crippen molar-refractivity contribution in [2.75, 3.05) is 17.7 Å². The number of unbranched alkanes of at least 4 members (excludes halogenated alkanes) is 1. The van der Waals surface area contributed by atoms with E-state index in [1.165, 1.54) is 11.8 Å². The quantitative estimate of drug-likeness (QED) is 0.332. The molecule has 1 aromatic heterocycles. The Bertz CT molecular complexity index is 916. The second-order valence-electron chi connectivity index (χ2n) is 6.20. The second kappa shape index (κ2) is 8.78. The fourth-order valence-electron chi connectivity index (χ4n) is 2.94. The summed E-state index contributed by atoms with van der Waals surface area (Å²) in [5, 5.41) is 3.10. The van der Waals surface area contributed by atoms with Gasteiger partial charge in [0.1, 0.15) is 11.6 Å². The Kier molecular flexibility index (Phi) is 6.20. The first-order chi connectivity index (χ1) is 13.1. The second-order valence-corrected chi connectivity index (χ2v) is 7.17. The molecule has 6 nitrogen and oxygen atoms in total. The normalized spacial score (nSPS) is 15.6. The molecular formula is C20H21N3O3S. The van der Waals surface area contributed by atoms with E-state index in [0.29, 0.717) is 28.9 Å². The van der Waals surface area contributed by atoms with Crippen LogP contribution < -0.4 is 15.6 Å². The molecule has 1 aliphatic heterocycles. The van der Waals surface area contributed by atoms with Crippen LogP contribution in [0.2, 0.25) is 0 Å². The summed E-state index contributed by atoms with van der Waals surface area (Å²) in [4.78, 5) is 31.9. The predicted molar refractivity (Wildman–Crippen MR) is 106 cm³/mol. The Morgan fingerprint density at radius 3 is 2.81 bits per heavy atom. The van der Waals surface area contributed by atoms with Crippen LogP contribution in [0.25, 0.3) is 0 Å². The lowest BCUT2D eigenvalue weighted by Gasteiger charge is -2.24. The van der Waals surface area contributed by atoms with Crippen molar-refractivity contribution in [3.05, 3.63) is 45.7 Å². The minimum atomic E-state index is -0.346. The number of nitrogens with zero attached hydrogens (tertiary/aromatic N) is 1. The number of hydrogen-bond donors (Lipinski definition) is 2. The van der Waals surface area contributed by atoms with Crippen molar-refractivity contribution in [3.63, 3.8) is 0 Å². The van der Waals surface area contributed by atoms with Gasteiger partial charge in [-0.1, -0.05) is 43.2 Å². The highest BCUT2D eigenvalue weighted by Crippen LogP contribution is 2.35. The first-order valence-corrected chi connectivity index (χ1v) is 9.84. The van der Waals surface area contributed by atoms with Gasteiger partial charge in [-0.3, -0.25) is 9.59 Å². The number of hydrogen-bond acceptors (Lipinski definition) is 5. The lowest BCUT2D eigenvalue weighted by Crippen LogP contribution is -2.31. The molecule has 0 radical (unpaired) electrons. The minimum absolute atomic E-state index is 0.165. The SMILES string of the molecule is C#CCSc1nc2c(c(=O)[nH]1)[C@H](c1ccc(OCCCC)cc1)CC(=O)N2. The van der Waals surface area contributed by atoms with Gasteiger partial charge in [0, 0.05) is 12.3 Å². The fourth-order valence-corrected chi connectivity index (χ4v) is 3.49. The van der Waals surface area contributed by atoms with Crippen molar-refractivity contribution in [1.82, 2.24) is 9.97 Å². The van der Waals surface area contributed by atoms with Crippen LogP contribution in [0.15, 0.2) is 34.2 Å². The molecule has 140 valence electrons. The third kappa shape index (κ3) is 4.52. The van der Waals surface area contributed by atoms with E-state index >= 15 is 0 Å². The third-order valence-electron chi connectivity index (χ3n) is 4.27. The summed E-state index contributed by atoms with van der Waals surface area (Å²) in [6.07, 6.45) is 7.52. The minimum Gasteiger partial charge on any atom is -0.494 e. The molecule has 0 bridgehead atoms. The molecule has 7 heteroatoms. The van der Waals surface area contributed by atoms with E-state index in [2.05, 4.69) is 28.1 Å². The van der Waals surface area contributed by atoms with E-state index in [9.17, 15) is 9.59 Å². The molecule has 0 fully saturated rings. The van der Waals surface area contributed by atoms with Crippen molar-refractivity contribution >= 4 is 23.5 Å². The van der Waals surface area contributed by atoms with E-state index in [0.717, 1.165) is 24.2 Å². The molecule has 1 aliphatic rings. The highest BCUT2D eigenvalue weighted by Gasteiger charge is 2.30.